The van der Waals surface area contributed by atoms with Gasteiger partial charge < -0.3 is 25.3 Å². The Morgan fingerprint density at radius 3 is 2.73 bits per heavy atom. The van der Waals surface area contributed by atoms with Crippen molar-refractivity contribution < 1.29 is 34.1 Å². The van der Waals surface area contributed by atoms with Crippen LogP contribution >= 0.6 is 0 Å². The van der Waals surface area contributed by atoms with Crippen molar-refractivity contribution in [2.45, 2.75) is 89.8 Å². The molecule has 5 rings (SSSR count). The number of imidazole rings is 1. The Balaban J connectivity index is 1.16. The van der Waals surface area contributed by atoms with E-state index in [9.17, 15) is 29.4 Å². The molecule has 0 radical (unpaired) electrons. The number of allylic oxidation sites excluding steroid dienone is 1. The molecule has 1 aromatic rings. The van der Waals surface area contributed by atoms with Gasteiger partial charge in [-0.15, -0.1) is 0 Å². The Hall–Kier alpha value is -2.85. The topological polar surface area (TPSA) is 159 Å². The summed E-state index contributed by atoms with van der Waals surface area (Å²) in [7, 11) is 0. The lowest BCUT2D eigenvalue weighted by Crippen LogP contribution is -2.62. The number of carbonyl (C=O) groups excluding carboxylic acids is 4. The summed E-state index contributed by atoms with van der Waals surface area (Å²) in [5, 5.41) is 26.0. The van der Waals surface area contributed by atoms with Gasteiger partial charge in [-0.25, -0.2) is 4.98 Å². The number of rotatable bonds is 9. The second kappa shape index (κ2) is 10.9. The number of amides is 1. The van der Waals surface area contributed by atoms with Gasteiger partial charge in [0.05, 0.1) is 18.9 Å². The van der Waals surface area contributed by atoms with Gasteiger partial charge in [-0.3, -0.25) is 19.2 Å². The van der Waals surface area contributed by atoms with Crippen LogP contribution in [0.4, 0.5) is 0 Å². The number of Topliss-reactive ketones (excluding diaryl/α,β-unsaturated/α-hetero) is 1. The van der Waals surface area contributed by atoms with E-state index in [1.54, 1.807) is 18.6 Å². The number of aliphatic hydroxyl groups excluding tert-OH is 1. The van der Waals surface area contributed by atoms with Gasteiger partial charge in [0.1, 0.15) is 5.60 Å². The van der Waals surface area contributed by atoms with Crippen LogP contribution in [0.15, 0.2) is 24.2 Å². The number of fused-ring (bicyclic) bond motifs is 5. The van der Waals surface area contributed by atoms with Crippen LogP contribution in [0.3, 0.4) is 0 Å². The molecule has 10 heteroatoms. The lowest BCUT2D eigenvalue weighted by Gasteiger charge is -2.60. The quantitative estimate of drug-likeness (QED) is 0.338. The van der Waals surface area contributed by atoms with Crippen LogP contribution in [0.25, 0.3) is 0 Å². The predicted molar refractivity (Wildman–Crippen MR) is 144 cm³/mol. The molecule has 4 N–H and O–H groups in total. The summed E-state index contributed by atoms with van der Waals surface area (Å²) in [5.41, 5.74) is -0.759. The highest BCUT2D eigenvalue weighted by molar-refractivity contribution is 5.92. The second-order valence-corrected chi connectivity index (χ2v) is 12.7. The van der Waals surface area contributed by atoms with Crippen molar-refractivity contribution in [2.75, 3.05) is 13.2 Å². The largest absolute Gasteiger partial charge is 0.458 e. The summed E-state index contributed by atoms with van der Waals surface area (Å²) in [6.07, 6.45) is 8.71. The van der Waals surface area contributed by atoms with Crippen LogP contribution in [0.1, 0.15) is 77.3 Å². The van der Waals surface area contributed by atoms with E-state index in [1.807, 2.05) is 6.92 Å². The Labute approximate surface area is 234 Å². The lowest BCUT2D eigenvalue weighted by atomic mass is 9.45. The minimum atomic E-state index is -1.70. The minimum Gasteiger partial charge on any atom is -0.458 e. The number of nitrogens with zero attached hydrogens (tertiary/aromatic N) is 1. The second-order valence-electron chi connectivity index (χ2n) is 12.7. The maximum Gasteiger partial charge on any atom is 0.306 e. The molecule has 4 aliphatic carbocycles. The molecule has 0 unspecified atom stereocenters. The molecule has 1 amide bonds. The van der Waals surface area contributed by atoms with E-state index in [4.69, 9.17) is 4.74 Å². The summed E-state index contributed by atoms with van der Waals surface area (Å²) < 4.78 is 5.21. The smallest absolute Gasteiger partial charge is 0.306 e. The highest BCUT2D eigenvalue weighted by Gasteiger charge is 2.68. The first kappa shape index (κ1) is 28.7. The maximum atomic E-state index is 13.4. The van der Waals surface area contributed by atoms with Gasteiger partial charge in [-0.2, -0.15) is 0 Å². The summed E-state index contributed by atoms with van der Waals surface area (Å²) in [6, 6.07) is 0. The van der Waals surface area contributed by atoms with Gasteiger partial charge in [-0.1, -0.05) is 19.4 Å². The van der Waals surface area contributed by atoms with Gasteiger partial charge in [-0.05, 0) is 67.8 Å². The molecule has 0 bridgehead atoms. The molecule has 1 aromatic heterocycles. The number of hydrogen-bond acceptors (Lipinski definition) is 8. The van der Waals surface area contributed by atoms with Gasteiger partial charge in [0.2, 0.25) is 11.7 Å². The molecule has 0 aromatic carbocycles. The molecule has 40 heavy (non-hydrogen) atoms. The van der Waals surface area contributed by atoms with Gasteiger partial charge in [0.25, 0.3) is 0 Å². The fraction of sp³-hybridized carbons (Fsp3) is 0.700. The van der Waals surface area contributed by atoms with Crippen molar-refractivity contribution >= 4 is 23.4 Å². The molecule has 0 saturated heterocycles. The number of H-pyrrole nitrogens is 1. The number of esters is 1. The molecule has 0 spiro atoms. The van der Waals surface area contributed by atoms with Crippen LogP contribution in [0.5, 0.6) is 0 Å². The van der Waals surface area contributed by atoms with Gasteiger partial charge in [0, 0.05) is 43.1 Å². The summed E-state index contributed by atoms with van der Waals surface area (Å²) in [4.78, 5) is 56.7. The third-order valence-electron chi connectivity index (χ3n) is 10.7. The third-order valence-corrected chi connectivity index (χ3v) is 10.7. The average molecular weight is 556 g/mol. The monoisotopic (exact) mass is 555 g/mol. The highest BCUT2D eigenvalue weighted by Crippen LogP contribution is 2.67. The van der Waals surface area contributed by atoms with E-state index in [2.05, 4.69) is 22.2 Å². The Bertz CT molecular complexity index is 1200. The zero-order chi connectivity index (χ0) is 28.7. The van der Waals surface area contributed by atoms with Crippen LogP contribution < -0.4 is 5.32 Å². The van der Waals surface area contributed by atoms with Crippen LogP contribution in [-0.2, 0) is 30.3 Å². The molecular formula is C30H41N3O7. The standard InChI is InChI=1S/C30H41N3O7/c1-28-10-7-20(34)13-18(28)3-4-21-22-8-11-30(39,29(22,2)14-23(35)27(21)28)24(36)16-40-26(38)6-5-25(37)32-12-9-19-15-31-17-33-19/h13,15,17,21-23,27,35,39H,3-12,14,16H2,1-2H3,(H,31,33)(H,32,37)/t21-,22+,23+,27+,28+,29+,30+/m1/s1. The number of aliphatic hydroxyl groups is 2. The number of ketones is 2. The number of aromatic amines is 1. The normalized spacial score (nSPS) is 36.6. The van der Waals surface area contributed by atoms with Crippen molar-refractivity contribution in [3.05, 3.63) is 29.9 Å². The van der Waals surface area contributed by atoms with Crippen molar-refractivity contribution in [2.24, 2.45) is 28.6 Å². The van der Waals surface area contributed by atoms with Crippen LogP contribution in [-0.4, -0.2) is 68.5 Å². The zero-order valence-electron chi connectivity index (χ0n) is 23.4. The number of aromatic nitrogens is 2. The minimum absolute atomic E-state index is 0.0143. The number of nitrogens with one attached hydrogen (secondary N) is 2. The Kier molecular flexibility index (Phi) is 7.78. The third kappa shape index (κ3) is 4.93. The number of ether oxygens (including phenoxy) is 1. The first-order valence-corrected chi connectivity index (χ1v) is 14.5. The van der Waals surface area contributed by atoms with Gasteiger partial charge in [0.15, 0.2) is 12.4 Å². The van der Waals surface area contributed by atoms with Crippen molar-refractivity contribution in [3.63, 3.8) is 0 Å². The van der Waals surface area contributed by atoms with Crippen molar-refractivity contribution in [3.8, 4) is 0 Å². The molecule has 3 saturated carbocycles. The van der Waals surface area contributed by atoms with E-state index >= 15 is 0 Å². The van der Waals surface area contributed by atoms with Crippen LogP contribution in [0.2, 0.25) is 0 Å². The first-order valence-electron chi connectivity index (χ1n) is 14.5. The van der Waals surface area contributed by atoms with E-state index in [-0.39, 0.29) is 60.5 Å². The van der Waals surface area contributed by atoms with Crippen molar-refractivity contribution in [1.82, 2.24) is 15.3 Å². The fourth-order valence-electron chi connectivity index (χ4n) is 8.55. The van der Waals surface area contributed by atoms with Crippen LogP contribution in [0, 0.1) is 28.6 Å². The molecule has 218 valence electrons. The Morgan fingerprint density at radius 2 is 1.98 bits per heavy atom. The molecule has 4 aliphatic rings. The molecule has 10 nitrogen and oxygen atoms in total. The summed E-state index contributed by atoms with van der Waals surface area (Å²) >= 11 is 0. The van der Waals surface area contributed by atoms with E-state index in [0.29, 0.717) is 25.8 Å². The molecule has 0 aliphatic heterocycles. The van der Waals surface area contributed by atoms with E-state index in [0.717, 1.165) is 30.5 Å². The first-order chi connectivity index (χ1) is 19.0. The number of carbonyl (C=O) groups is 4. The van der Waals surface area contributed by atoms with Gasteiger partial charge >= 0.3 is 5.97 Å². The SMILES string of the molecule is C[C@]12CCC(=O)C=C1CC[C@H]1[C@H]2[C@@H](O)C[C@@]2(C)[C@H]1CC[C@]2(O)C(=O)COC(=O)CCC(=O)NCCc1cnc[nH]1. The summed E-state index contributed by atoms with van der Waals surface area (Å²) in [6.45, 7) is 3.91. The highest BCUT2D eigenvalue weighted by atomic mass is 16.5. The lowest BCUT2D eigenvalue weighted by molar-refractivity contribution is -0.184. The molecule has 3 fully saturated rings. The summed E-state index contributed by atoms with van der Waals surface area (Å²) in [5.74, 6) is -1.18. The maximum absolute atomic E-state index is 13.4. The number of hydrogen-bond donors (Lipinski definition) is 4. The van der Waals surface area contributed by atoms with Crippen molar-refractivity contribution in [1.29, 1.82) is 0 Å². The molecule has 7 atom stereocenters. The zero-order valence-corrected chi connectivity index (χ0v) is 23.4. The Morgan fingerprint density at radius 1 is 1.18 bits per heavy atom. The molecular weight excluding hydrogens is 514 g/mol. The predicted octanol–water partition coefficient (Wildman–Crippen LogP) is 2.19. The van der Waals surface area contributed by atoms with E-state index < -0.39 is 35.5 Å². The average Bonchev–Trinajstić information content (AvgIpc) is 3.52. The van der Waals surface area contributed by atoms with E-state index in [1.165, 1.54) is 0 Å². The fourth-order valence-corrected chi connectivity index (χ4v) is 8.55. The molecule has 1 heterocycles.